The van der Waals surface area contributed by atoms with Crippen molar-refractivity contribution in [3.05, 3.63) is 83.6 Å². The van der Waals surface area contributed by atoms with Crippen LogP contribution in [-0.2, 0) is 24.1 Å². The fraction of sp³-hybridized carbons (Fsp3) is 0.387. The zero-order chi connectivity index (χ0) is 28.6. The lowest BCUT2D eigenvalue weighted by atomic mass is 10.1. The summed E-state index contributed by atoms with van der Waals surface area (Å²) in [5, 5.41) is 0. The van der Waals surface area contributed by atoms with Crippen molar-refractivity contribution >= 4 is 24.9 Å². The van der Waals surface area contributed by atoms with Crippen molar-refractivity contribution in [1.82, 2.24) is 9.71 Å². The van der Waals surface area contributed by atoms with Gasteiger partial charge in [0.1, 0.15) is 31.4 Å². The van der Waals surface area contributed by atoms with E-state index in [4.69, 9.17) is 14.5 Å². The lowest BCUT2D eigenvalue weighted by molar-refractivity contribution is 0.414. The Balaban J connectivity index is 2.09. The number of rotatable bonds is 10. The Morgan fingerprint density at radius 2 is 1.44 bits per heavy atom. The van der Waals surface area contributed by atoms with Gasteiger partial charge in [-0.25, -0.2) is 13.9 Å². The molecule has 208 valence electrons. The molecular formula is C31H41N3O3SSi. The van der Waals surface area contributed by atoms with E-state index >= 15 is 0 Å². The van der Waals surface area contributed by atoms with Crippen molar-refractivity contribution in [3.63, 3.8) is 0 Å². The van der Waals surface area contributed by atoms with Crippen LogP contribution in [0.1, 0.15) is 43.5 Å². The van der Waals surface area contributed by atoms with Crippen LogP contribution in [0.4, 0.5) is 5.82 Å². The minimum atomic E-state index is -1.69. The summed E-state index contributed by atoms with van der Waals surface area (Å²) in [6, 6.07) is 19.7. The highest BCUT2D eigenvalue weighted by Gasteiger charge is 2.26. The molecule has 2 atom stereocenters. The molecular weight excluding hydrogens is 523 g/mol. The van der Waals surface area contributed by atoms with E-state index in [-0.39, 0.29) is 0 Å². The van der Waals surface area contributed by atoms with Crippen molar-refractivity contribution in [2.75, 3.05) is 19.1 Å². The van der Waals surface area contributed by atoms with Crippen LogP contribution in [0.5, 0.6) is 11.5 Å². The predicted octanol–water partition coefficient (Wildman–Crippen LogP) is 6.28. The first-order valence-electron chi connectivity index (χ1n) is 13.1. The number of aromatic nitrogens is 1. The van der Waals surface area contributed by atoms with E-state index in [0.29, 0.717) is 13.1 Å². The number of benzene rings is 2. The minimum Gasteiger partial charge on any atom is -0.497 e. The molecule has 8 heteroatoms. The highest BCUT2D eigenvalue weighted by atomic mass is 32.2. The first kappa shape index (κ1) is 30.4. The van der Waals surface area contributed by atoms with Crippen LogP contribution in [-0.4, -0.2) is 36.2 Å². The fourth-order valence-electron chi connectivity index (χ4n) is 3.75. The summed E-state index contributed by atoms with van der Waals surface area (Å²) < 4.78 is 26.8. The molecule has 1 heterocycles. The highest BCUT2D eigenvalue weighted by molar-refractivity contribution is 7.84. The summed E-state index contributed by atoms with van der Waals surface area (Å²) in [6.07, 6.45) is 1.80. The molecule has 0 aliphatic rings. The summed E-state index contributed by atoms with van der Waals surface area (Å²) in [4.78, 5) is 7.09. The van der Waals surface area contributed by atoms with Gasteiger partial charge < -0.3 is 14.4 Å². The van der Waals surface area contributed by atoms with Crippen molar-refractivity contribution in [2.24, 2.45) is 0 Å². The van der Waals surface area contributed by atoms with Crippen LogP contribution in [0.25, 0.3) is 0 Å². The maximum absolute atomic E-state index is 13.2. The van der Waals surface area contributed by atoms with E-state index in [1.165, 1.54) is 0 Å². The predicted molar refractivity (Wildman–Crippen MR) is 165 cm³/mol. The third-order valence-corrected chi connectivity index (χ3v) is 8.32. The van der Waals surface area contributed by atoms with Gasteiger partial charge in [-0.15, -0.1) is 5.54 Å². The normalized spacial score (nSPS) is 13.1. The van der Waals surface area contributed by atoms with Crippen molar-refractivity contribution < 1.29 is 13.7 Å². The maximum Gasteiger partial charge on any atom is 0.134 e. The molecule has 0 amide bonds. The van der Waals surface area contributed by atoms with E-state index < -0.39 is 29.8 Å². The van der Waals surface area contributed by atoms with Crippen molar-refractivity contribution in [2.45, 2.75) is 64.3 Å². The molecule has 0 radical (unpaired) electrons. The molecule has 0 bridgehead atoms. The molecule has 0 aliphatic heterocycles. The molecule has 6 nitrogen and oxygen atoms in total. The average Bonchev–Trinajstić information content (AvgIpc) is 2.90. The largest absolute Gasteiger partial charge is 0.497 e. The monoisotopic (exact) mass is 563 g/mol. The van der Waals surface area contributed by atoms with Gasteiger partial charge in [-0.2, -0.15) is 0 Å². The zero-order valence-corrected chi connectivity index (χ0v) is 26.2. The Morgan fingerprint density at radius 3 is 1.87 bits per heavy atom. The lowest BCUT2D eigenvalue weighted by Gasteiger charge is -2.29. The molecule has 0 saturated carbocycles. The van der Waals surface area contributed by atoms with Crippen LogP contribution in [0.2, 0.25) is 19.6 Å². The first-order chi connectivity index (χ1) is 18.4. The summed E-state index contributed by atoms with van der Waals surface area (Å²) in [5.41, 5.74) is 6.64. The topological polar surface area (TPSA) is 63.7 Å². The van der Waals surface area contributed by atoms with Gasteiger partial charge in [-0.3, -0.25) is 0 Å². The van der Waals surface area contributed by atoms with E-state index in [2.05, 4.69) is 65.0 Å². The Morgan fingerprint density at radius 1 is 0.923 bits per heavy atom. The van der Waals surface area contributed by atoms with Crippen molar-refractivity contribution in [3.8, 4) is 23.0 Å². The van der Waals surface area contributed by atoms with Gasteiger partial charge in [0.15, 0.2) is 0 Å². The second-order valence-electron chi connectivity index (χ2n) is 11.4. The molecule has 1 N–H and O–H groups in total. The van der Waals surface area contributed by atoms with E-state index in [1.807, 2.05) is 57.2 Å². The van der Waals surface area contributed by atoms with Gasteiger partial charge in [0.25, 0.3) is 0 Å². The molecule has 3 rings (SSSR count). The molecule has 0 unspecified atom stereocenters. The van der Waals surface area contributed by atoms with Gasteiger partial charge in [0.05, 0.1) is 30.0 Å². The van der Waals surface area contributed by atoms with E-state index in [1.54, 1.807) is 20.4 Å². The summed E-state index contributed by atoms with van der Waals surface area (Å²) >= 11 is 0. The van der Waals surface area contributed by atoms with E-state index in [9.17, 15) is 4.21 Å². The summed E-state index contributed by atoms with van der Waals surface area (Å²) in [5.74, 6) is 5.87. The van der Waals surface area contributed by atoms with Crippen LogP contribution < -0.4 is 19.1 Å². The molecule has 1 aromatic heterocycles. The number of hydrogen-bond donors (Lipinski definition) is 1. The molecule has 0 aliphatic carbocycles. The molecule has 39 heavy (non-hydrogen) atoms. The molecule has 3 aromatic rings. The fourth-order valence-corrected chi connectivity index (χ4v) is 5.08. The van der Waals surface area contributed by atoms with Crippen LogP contribution in [0.15, 0.2) is 66.9 Å². The molecule has 0 saturated heterocycles. The van der Waals surface area contributed by atoms with Gasteiger partial charge in [0.2, 0.25) is 0 Å². The summed E-state index contributed by atoms with van der Waals surface area (Å²) in [7, 11) is 0.331. The third kappa shape index (κ3) is 9.24. The van der Waals surface area contributed by atoms with Crippen LogP contribution in [0, 0.1) is 11.5 Å². The second-order valence-corrected chi connectivity index (χ2v) is 18.2. The molecule has 2 aromatic carbocycles. The van der Waals surface area contributed by atoms with Gasteiger partial charge in [0, 0.05) is 24.8 Å². The summed E-state index contributed by atoms with van der Waals surface area (Å²) in [6.45, 7) is 13.8. The highest BCUT2D eigenvalue weighted by Crippen LogP contribution is 2.29. The number of ether oxygens (including phenoxy) is 2. The van der Waals surface area contributed by atoms with Gasteiger partial charge in [-0.1, -0.05) is 55.9 Å². The molecule has 0 spiro atoms. The Labute approximate surface area is 237 Å². The van der Waals surface area contributed by atoms with Gasteiger partial charge >= 0.3 is 0 Å². The van der Waals surface area contributed by atoms with Gasteiger partial charge in [-0.05, 0) is 62.2 Å². The standard InChI is InChI=1S/C31H41N3O3SSi/c1-31(2,3)38(35)33-29(19-21-39(6,7)8)28-10-9-20-32-30(28)34(22-24-11-15-26(36-4)16-12-24)23-25-13-17-27(37-5)18-14-25/h9-18,20,29,33H,22-23H2,1-8H3/t29-,38+/m1/s1. The minimum absolute atomic E-state index is 0.435. The average molecular weight is 564 g/mol. The first-order valence-corrected chi connectivity index (χ1v) is 17.7. The van der Waals surface area contributed by atoms with Crippen LogP contribution in [0.3, 0.4) is 0 Å². The number of hydrogen-bond acceptors (Lipinski definition) is 5. The quantitative estimate of drug-likeness (QED) is 0.232. The second kappa shape index (κ2) is 13.3. The van der Waals surface area contributed by atoms with E-state index in [0.717, 1.165) is 34.0 Å². The smallest absolute Gasteiger partial charge is 0.134 e. The Hall–Kier alpha value is -3.12. The number of pyridine rings is 1. The third-order valence-electron chi connectivity index (χ3n) is 5.86. The molecule has 0 fully saturated rings. The Bertz CT molecular complexity index is 1250. The zero-order valence-electron chi connectivity index (χ0n) is 24.4. The van der Waals surface area contributed by atoms with Crippen LogP contribution >= 0.6 is 0 Å². The number of anilines is 1. The SMILES string of the molecule is COc1ccc(CN(Cc2ccc(OC)cc2)c2ncccc2[C@@H](C#C[Si](C)(C)C)N[S@@](=O)C(C)(C)C)cc1. The number of methoxy groups -OCH3 is 2. The Kier molecular flexibility index (Phi) is 10.4. The van der Waals surface area contributed by atoms with Crippen molar-refractivity contribution in [1.29, 1.82) is 0 Å². The maximum atomic E-state index is 13.2. The lowest BCUT2D eigenvalue weighted by Crippen LogP contribution is -2.36. The number of nitrogens with one attached hydrogen (secondary N) is 1. The number of nitrogens with zero attached hydrogens (tertiary/aromatic N) is 2.